The van der Waals surface area contributed by atoms with E-state index < -0.39 is 0 Å². The number of amides is 2. The Hall–Kier alpha value is -2.48. The summed E-state index contributed by atoms with van der Waals surface area (Å²) in [6, 6.07) is 9.97. The van der Waals surface area contributed by atoms with Gasteiger partial charge in [0.25, 0.3) is 0 Å². The lowest BCUT2D eigenvalue weighted by Gasteiger charge is -2.39. The average Bonchev–Trinajstić information content (AvgIpc) is 2.81. The molecule has 0 bridgehead atoms. The number of halogens is 2. The molecule has 0 N–H and O–H groups in total. The van der Waals surface area contributed by atoms with Crippen molar-refractivity contribution in [3.63, 3.8) is 0 Å². The predicted molar refractivity (Wildman–Crippen MR) is 120 cm³/mol. The van der Waals surface area contributed by atoms with Gasteiger partial charge in [-0.15, -0.1) is 0 Å². The molecular weight excluding hydrogens is 463 g/mol. The highest BCUT2D eigenvalue weighted by molar-refractivity contribution is 9.10. The van der Waals surface area contributed by atoms with Crippen LogP contribution in [-0.4, -0.2) is 65.9 Å². The lowest BCUT2D eigenvalue weighted by atomic mass is 9.95. The molecule has 1 aromatic carbocycles. The van der Waals surface area contributed by atoms with Crippen molar-refractivity contribution in [1.29, 1.82) is 0 Å². The zero-order valence-corrected chi connectivity index (χ0v) is 18.9. The van der Waals surface area contributed by atoms with E-state index in [1.807, 2.05) is 17.0 Å². The van der Waals surface area contributed by atoms with Crippen molar-refractivity contribution in [1.82, 2.24) is 14.8 Å². The molecule has 2 saturated heterocycles. The van der Waals surface area contributed by atoms with Crippen LogP contribution >= 0.6 is 15.9 Å². The molecule has 0 radical (unpaired) electrons. The molecule has 2 aromatic rings. The van der Waals surface area contributed by atoms with E-state index in [0.717, 1.165) is 41.8 Å². The Labute approximate surface area is 190 Å². The summed E-state index contributed by atoms with van der Waals surface area (Å²) in [5, 5.41) is 0. The first kappa shape index (κ1) is 21.7. The number of pyridine rings is 1. The second kappa shape index (κ2) is 9.77. The number of hydrogen-bond acceptors (Lipinski definition) is 4. The van der Waals surface area contributed by atoms with Crippen molar-refractivity contribution in [2.75, 3.05) is 44.2 Å². The first-order valence-electron chi connectivity index (χ1n) is 10.7. The van der Waals surface area contributed by atoms with Gasteiger partial charge in [-0.05, 0) is 58.6 Å². The van der Waals surface area contributed by atoms with E-state index in [2.05, 4.69) is 25.8 Å². The fourth-order valence-corrected chi connectivity index (χ4v) is 4.50. The van der Waals surface area contributed by atoms with Crippen LogP contribution in [0.25, 0.3) is 0 Å². The minimum atomic E-state index is -0.309. The Morgan fingerprint density at radius 2 is 1.74 bits per heavy atom. The van der Waals surface area contributed by atoms with Gasteiger partial charge in [-0.2, -0.15) is 0 Å². The molecule has 1 unspecified atom stereocenters. The number of likely N-dealkylation sites (tertiary alicyclic amines) is 1. The third-order valence-electron chi connectivity index (χ3n) is 6.02. The summed E-state index contributed by atoms with van der Waals surface area (Å²) in [5.41, 5.74) is 0.789. The van der Waals surface area contributed by atoms with Crippen LogP contribution in [0.1, 0.15) is 18.4 Å². The molecule has 164 valence electrons. The molecule has 2 amide bonds. The highest BCUT2D eigenvalue weighted by atomic mass is 79.9. The summed E-state index contributed by atoms with van der Waals surface area (Å²) in [6.07, 6.45) is 3.66. The van der Waals surface area contributed by atoms with E-state index in [1.54, 1.807) is 23.2 Å². The summed E-state index contributed by atoms with van der Waals surface area (Å²) in [5.74, 6) is 0.600. The van der Waals surface area contributed by atoms with Gasteiger partial charge in [-0.3, -0.25) is 9.59 Å². The minimum absolute atomic E-state index is 0.00441. The highest BCUT2D eigenvalue weighted by Crippen LogP contribution is 2.22. The van der Waals surface area contributed by atoms with Crippen LogP contribution in [0.4, 0.5) is 10.2 Å². The van der Waals surface area contributed by atoms with E-state index in [9.17, 15) is 14.0 Å². The topological polar surface area (TPSA) is 56.8 Å². The molecule has 0 spiro atoms. The highest BCUT2D eigenvalue weighted by Gasteiger charge is 2.32. The fraction of sp³-hybridized carbons (Fsp3) is 0.435. The van der Waals surface area contributed by atoms with Crippen molar-refractivity contribution in [3.8, 4) is 0 Å². The number of nitrogens with zero attached hydrogens (tertiary/aromatic N) is 4. The number of aromatic nitrogens is 1. The van der Waals surface area contributed by atoms with Gasteiger partial charge in [0, 0.05) is 49.9 Å². The number of piperidine rings is 1. The number of carbonyl (C=O) groups is 2. The maximum Gasteiger partial charge on any atom is 0.227 e. The van der Waals surface area contributed by atoms with Gasteiger partial charge in [0.05, 0.1) is 12.3 Å². The second-order valence-corrected chi connectivity index (χ2v) is 9.04. The molecular formula is C23H26BrFN4O2. The van der Waals surface area contributed by atoms with E-state index in [4.69, 9.17) is 0 Å². The van der Waals surface area contributed by atoms with Gasteiger partial charge in [-0.1, -0.05) is 12.1 Å². The Kier molecular flexibility index (Phi) is 6.85. The van der Waals surface area contributed by atoms with Gasteiger partial charge < -0.3 is 14.7 Å². The molecule has 31 heavy (non-hydrogen) atoms. The summed E-state index contributed by atoms with van der Waals surface area (Å²) in [6.45, 7) is 3.97. The molecule has 2 aliphatic rings. The molecule has 2 aliphatic heterocycles. The molecule has 1 aromatic heterocycles. The summed E-state index contributed by atoms with van der Waals surface area (Å²) < 4.78 is 14.0. The average molecular weight is 489 g/mol. The lowest BCUT2D eigenvalue weighted by Crippen LogP contribution is -2.53. The maximum atomic E-state index is 13.1. The summed E-state index contributed by atoms with van der Waals surface area (Å²) >= 11 is 3.40. The van der Waals surface area contributed by atoms with Gasteiger partial charge in [0.2, 0.25) is 11.8 Å². The van der Waals surface area contributed by atoms with Crippen molar-refractivity contribution < 1.29 is 14.0 Å². The van der Waals surface area contributed by atoms with Gasteiger partial charge in [0.15, 0.2) is 0 Å². The Morgan fingerprint density at radius 3 is 2.42 bits per heavy atom. The standard InChI is InChI=1S/C23H26BrFN4O2/c24-19-5-8-21(26-15-19)27-10-12-28(13-11-27)23(31)18-2-1-9-29(16-18)22(30)14-17-3-6-20(25)7-4-17/h3-8,15,18H,1-2,9-14,16H2. The second-order valence-electron chi connectivity index (χ2n) is 8.13. The predicted octanol–water partition coefficient (Wildman–Crippen LogP) is 3.11. The van der Waals surface area contributed by atoms with Crippen LogP contribution in [0.3, 0.4) is 0 Å². The zero-order valence-electron chi connectivity index (χ0n) is 17.3. The number of hydrogen-bond donors (Lipinski definition) is 0. The molecule has 3 heterocycles. The Bertz CT molecular complexity index is 914. The number of benzene rings is 1. The molecule has 0 aliphatic carbocycles. The van der Waals surface area contributed by atoms with Crippen molar-refractivity contribution in [2.24, 2.45) is 5.92 Å². The van der Waals surface area contributed by atoms with Gasteiger partial charge in [0.1, 0.15) is 11.6 Å². The molecule has 4 rings (SSSR count). The SMILES string of the molecule is O=C(Cc1ccc(F)cc1)N1CCCC(C(=O)N2CCN(c3ccc(Br)cn3)CC2)C1. The smallest absolute Gasteiger partial charge is 0.227 e. The number of rotatable bonds is 4. The van der Waals surface area contributed by atoms with Crippen molar-refractivity contribution >= 4 is 33.6 Å². The third kappa shape index (κ3) is 5.42. The quantitative estimate of drug-likeness (QED) is 0.663. The molecule has 1 atom stereocenters. The van der Waals surface area contributed by atoms with Crippen LogP contribution in [0, 0.1) is 11.7 Å². The van der Waals surface area contributed by atoms with Gasteiger partial charge >= 0.3 is 0 Å². The zero-order chi connectivity index (χ0) is 21.8. The van der Waals surface area contributed by atoms with E-state index >= 15 is 0 Å². The molecule has 8 heteroatoms. The Morgan fingerprint density at radius 1 is 1.00 bits per heavy atom. The number of carbonyl (C=O) groups excluding carboxylic acids is 2. The molecule has 0 saturated carbocycles. The fourth-order valence-electron chi connectivity index (χ4n) is 4.26. The third-order valence-corrected chi connectivity index (χ3v) is 6.49. The first-order valence-corrected chi connectivity index (χ1v) is 11.5. The van der Waals surface area contributed by atoms with Crippen LogP contribution in [0.15, 0.2) is 47.1 Å². The molecule has 2 fully saturated rings. The maximum absolute atomic E-state index is 13.1. The van der Waals surface area contributed by atoms with Gasteiger partial charge in [-0.25, -0.2) is 9.37 Å². The van der Waals surface area contributed by atoms with E-state index in [0.29, 0.717) is 26.2 Å². The van der Waals surface area contributed by atoms with E-state index in [1.165, 1.54) is 12.1 Å². The molecule has 6 nitrogen and oxygen atoms in total. The van der Waals surface area contributed by atoms with Crippen LogP contribution in [0.2, 0.25) is 0 Å². The Balaban J connectivity index is 1.30. The van der Waals surface area contributed by atoms with Crippen LogP contribution in [0.5, 0.6) is 0 Å². The van der Waals surface area contributed by atoms with Crippen LogP contribution < -0.4 is 4.90 Å². The summed E-state index contributed by atoms with van der Waals surface area (Å²) in [7, 11) is 0. The van der Waals surface area contributed by atoms with Crippen molar-refractivity contribution in [3.05, 3.63) is 58.4 Å². The van der Waals surface area contributed by atoms with Crippen LogP contribution in [-0.2, 0) is 16.0 Å². The van der Waals surface area contributed by atoms with E-state index in [-0.39, 0.29) is 30.0 Å². The number of anilines is 1. The lowest BCUT2D eigenvalue weighted by molar-refractivity contribution is -0.140. The number of piperazine rings is 1. The largest absolute Gasteiger partial charge is 0.353 e. The monoisotopic (exact) mass is 488 g/mol. The minimum Gasteiger partial charge on any atom is -0.353 e. The van der Waals surface area contributed by atoms with Crippen molar-refractivity contribution in [2.45, 2.75) is 19.3 Å². The normalized spacial score (nSPS) is 19.4. The summed E-state index contributed by atoms with van der Waals surface area (Å²) in [4.78, 5) is 36.2. The first-order chi connectivity index (χ1) is 15.0.